The van der Waals surface area contributed by atoms with Crippen molar-refractivity contribution < 1.29 is 17.9 Å². The Morgan fingerprint density at radius 3 is 2.39 bits per heavy atom. The van der Waals surface area contributed by atoms with Gasteiger partial charge in [0.2, 0.25) is 10.0 Å². The average Bonchev–Trinajstić information content (AvgIpc) is 3.36. The number of rotatable bonds is 12. The Kier molecular flexibility index (Phi) is 9.43. The number of nitrogens with zero attached hydrogens (tertiary/aromatic N) is 1. The minimum absolute atomic E-state index is 0.0699. The molecule has 8 heteroatoms. The molecule has 1 heterocycles. The van der Waals surface area contributed by atoms with Gasteiger partial charge in [-0.1, -0.05) is 44.2 Å². The fourth-order valence-electron chi connectivity index (χ4n) is 4.15. The molecule has 1 amide bonds. The summed E-state index contributed by atoms with van der Waals surface area (Å²) in [6.45, 7) is 7.49. The summed E-state index contributed by atoms with van der Waals surface area (Å²) in [5.41, 5.74) is 1.67. The Bertz CT molecular complexity index is 970. The molecule has 0 bridgehead atoms. The van der Waals surface area contributed by atoms with Crippen LogP contribution in [-0.4, -0.2) is 64.2 Å². The highest BCUT2D eigenvalue weighted by molar-refractivity contribution is 7.89. The quantitative estimate of drug-likeness (QED) is 0.495. The summed E-state index contributed by atoms with van der Waals surface area (Å²) in [6.07, 6.45) is 2.59. The molecule has 2 N–H and O–H groups in total. The molecule has 1 aliphatic heterocycles. The monoisotopic (exact) mass is 473 g/mol. The van der Waals surface area contributed by atoms with Gasteiger partial charge in [-0.15, -0.1) is 0 Å². The van der Waals surface area contributed by atoms with Gasteiger partial charge in [-0.05, 0) is 62.2 Å². The van der Waals surface area contributed by atoms with Gasteiger partial charge >= 0.3 is 0 Å². The van der Waals surface area contributed by atoms with Crippen LogP contribution in [0.3, 0.4) is 0 Å². The van der Waals surface area contributed by atoms with Crippen LogP contribution in [0.25, 0.3) is 0 Å². The molecular weight excluding hydrogens is 438 g/mol. The summed E-state index contributed by atoms with van der Waals surface area (Å²) >= 11 is 0. The Labute approximate surface area is 197 Å². The van der Waals surface area contributed by atoms with E-state index in [2.05, 4.69) is 40.9 Å². The average molecular weight is 474 g/mol. The van der Waals surface area contributed by atoms with Crippen LogP contribution in [-0.2, 0) is 21.2 Å². The molecule has 2 atom stereocenters. The second-order valence-electron chi connectivity index (χ2n) is 8.29. The fraction of sp³-hybridized carbons (Fsp3) is 0.480. The lowest BCUT2D eigenvalue weighted by atomic mass is 10.0. The third-order valence-corrected chi connectivity index (χ3v) is 7.53. The van der Waals surface area contributed by atoms with E-state index in [1.54, 1.807) is 12.1 Å². The zero-order chi connectivity index (χ0) is 23.7. The third kappa shape index (κ3) is 7.37. The van der Waals surface area contributed by atoms with Gasteiger partial charge < -0.3 is 10.1 Å². The van der Waals surface area contributed by atoms with Gasteiger partial charge in [0.05, 0.1) is 11.0 Å². The summed E-state index contributed by atoms with van der Waals surface area (Å²) < 4.78 is 33.1. The van der Waals surface area contributed by atoms with Crippen LogP contribution in [0.1, 0.15) is 42.6 Å². The van der Waals surface area contributed by atoms with Gasteiger partial charge in [0, 0.05) is 31.3 Å². The predicted molar refractivity (Wildman–Crippen MR) is 130 cm³/mol. The van der Waals surface area contributed by atoms with E-state index in [9.17, 15) is 13.2 Å². The van der Waals surface area contributed by atoms with Crippen molar-refractivity contribution in [3.05, 3.63) is 65.7 Å². The van der Waals surface area contributed by atoms with Crippen LogP contribution < -0.4 is 10.0 Å². The zero-order valence-electron chi connectivity index (χ0n) is 19.5. The molecular formula is C25H35N3O4S. The van der Waals surface area contributed by atoms with Gasteiger partial charge in [-0.25, -0.2) is 13.1 Å². The number of likely N-dealkylation sites (N-methyl/N-ethyl adjacent to an activating group) is 1. The second-order valence-corrected chi connectivity index (χ2v) is 10.1. The number of benzene rings is 2. The smallest absolute Gasteiger partial charge is 0.251 e. The van der Waals surface area contributed by atoms with E-state index in [0.717, 1.165) is 32.4 Å². The minimum Gasteiger partial charge on any atom is -0.377 e. The highest BCUT2D eigenvalue weighted by atomic mass is 32.2. The number of hydrogen-bond donors (Lipinski definition) is 2. The Morgan fingerprint density at radius 2 is 1.79 bits per heavy atom. The highest BCUT2D eigenvalue weighted by Gasteiger charge is 2.21. The van der Waals surface area contributed by atoms with Crippen LogP contribution in [0, 0.1) is 0 Å². The van der Waals surface area contributed by atoms with E-state index in [-0.39, 0.29) is 29.5 Å². The lowest BCUT2D eigenvalue weighted by molar-refractivity contribution is 0.0934. The van der Waals surface area contributed by atoms with Crippen molar-refractivity contribution in [1.29, 1.82) is 0 Å². The van der Waals surface area contributed by atoms with E-state index in [0.29, 0.717) is 18.7 Å². The summed E-state index contributed by atoms with van der Waals surface area (Å²) in [6, 6.07) is 16.5. The largest absolute Gasteiger partial charge is 0.377 e. The van der Waals surface area contributed by atoms with E-state index >= 15 is 0 Å². The number of nitrogens with one attached hydrogen (secondary N) is 2. The molecule has 2 aromatic rings. The number of sulfonamides is 1. The second kappa shape index (κ2) is 12.3. The van der Waals surface area contributed by atoms with Crippen molar-refractivity contribution in [2.24, 2.45) is 0 Å². The number of carbonyl (C=O) groups is 1. The number of hydrogen-bond acceptors (Lipinski definition) is 5. The number of carbonyl (C=O) groups excluding carboxylic acids is 1. The van der Waals surface area contributed by atoms with Crippen LogP contribution >= 0.6 is 0 Å². The van der Waals surface area contributed by atoms with Gasteiger partial charge in [0.15, 0.2) is 0 Å². The van der Waals surface area contributed by atoms with E-state index in [1.165, 1.54) is 17.7 Å². The molecule has 3 rings (SSSR count). The summed E-state index contributed by atoms with van der Waals surface area (Å²) in [4.78, 5) is 15.2. The van der Waals surface area contributed by atoms with Crippen molar-refractivity contribution >= 4 is 15.9 Å². The number of amides is 1. The van der Waals surface area contributed by atoms with Crippen molar-refractivity contribution in [1.82, 2.24) is 14.9 Å². The molecule has 0 spiro atoms. The summed E-state index contributed by atoms with van der Waals surface area (Å²) in [5, 5.41) is 3.03. The first kappa shape index (κ1) is 25.4. The standard InChI is InChI=1S/C25H35N3O4S/c1-3-28(4-2)22(17-20-9-6-5-7-10-20)18-26-25(29)21-12-14-24(15-13-21)33(30,31)27-19-23-11-8-16-32-23/h5-7,9-10,12-15,22-23,27H,3-4,8,11,16-19H2,1-2H3,(H,26,29). The fourth-order valence-corrected chi connectivity index (χ4v) is 5.21. The van der Waals surface area contributed by atoms with E-state index < -0.39 is 10.0 Å². The maximum Gasteiger partial charge on any atom is 0.251 e. The number of ether oxygens (including phenoxy) is 1. The van der Waals surface area contributed by atoms with Gasteiger partial charge in [0.25, 0.3) is 5.91 Å². The molecule has 180 valence electrons. The molecule has 33 heavy (non-hydrogen) atoms. The normalized spacial score (nSPS) is 17.2. The van der Waals surface area contributed by atoms with E-state index in [4.69, 9.17) is 4.74 Å². The Balaban J connectivity index is 1.59. The van der Waals surface area contributed by atoms with Crippen LogP contribution in [0.2, 0.25) is 0 Å². The molecule has 2 aromatic carbocycles. The summed E-state index contributed by atoms with van der Waals surface area (Å²) in [7, 11) is -3.64. The zero-order valence-corrected chi connectivity index (χ0v) is 20.3. The SMILES string of the molecule is CCN(CC)C(CNC(=O)c1ccc(S(=O)(=O)NCC2CCCO2)cc1)Cc1ccccc1. The maximum atomic E-state index is 12.8. The molecule has 1 fully saturated rings. The molecule has 0 saturated carbocycles. The molecule has 1 aliphatic rings. The lowest BCUT2D eigenvalue weighted by Crippen LogP contribution is -2.45. The topological polar surface area (TPSA) is 87.7 Å². The molecule has 2 unspecified atom stereocenters. The van der Waals surface area contributed by atoms with Crippen LogP contribution in [0.5, 0.6) is 0 Å². The third-order valence-electron chi connectivity index (χ3n) is 6.09. The van der Waals surface area contributed by atoms with Crippen molar-refractivity contribution in [3.8, 4) is 0 Å². The first-order valence-corrected chi connectivity index (χ1v) is 13.2. The maximum absolute atomic E-state index is 12.8. The van der Waals surface area contributed by atoms with Gasteiger partial charge in [0.1, 0.15) is 0 Å². The molecule has 0 aliphatic carbocycles. The van der Waals surface area contributed by atoms with Crippen LogP contribution in [0.15, 0.2) is 59.5 Å². The van der Waals surface area contributed by atoms with Gasteiger partial charge in [-0.2, -0.15) is 0 Å². The minimum atomic E-state index is -3.64. The first-order chi connectivity index (χ1) is 15.9. The molecule has 0 radical (unpaired) electrons. The van der Waals surface area contributed by atoms with Crippen molar-refractivity contribution in [2.45, 2.75) is 50.2 Å². The van der Waals surface area contributed by atoms with Crippen LogP contribution in [0.4, 0.5) is 0 Å². The van der Waals surface area contributed by atoms with E-state index in [1.807, 2.05) is 18.2 Å². The summed E-state index contributed by atoms with van der Waals surface area (Å²) in [5.74, 6) is -0.212. The van der Waals surface area contributed by atoms with Crippen molar-refractivity contribution in [2.75, 3.05) is 32.8 Å². The van der Waals surface area contributed by atoms with Gasteiger partial charge in [-0.3, -0.25) is 9.69 Å². The molecule has 1 saturated heterocycles. The van der Waals surface area contributed by atoms with Crippen molar-refractivity contribution in [3.63, 3.8) is 0 Å². The molecule has 0 aromatic heterocycles. The first-order valence-electron chi connectivity index (χ1n) is 11.7. The molecule has 7 nitrogen and oxygen atoms in total. The predicted octanol–water partition coefficient (Wildman–Crippen LogP) is 2.83. The highest BCUT2D eigenvalue weighted by Crippen LogP contribution is 2.14. The lowest BCUT2D eigenvalue weighted by Gasteiger charge is -2.30. The Hall–Kier alpha value is -2.26. The Morgan fingerprint density at radius 1 is 1.09 bits per heavy atom.